The number of aryl methyl sites for hydroxylation is 1. The summed E-state index contributed by atoms with van der Waals surface area (Å²) in [5.74, 6) is 1.11. The van der Waals surface area contributed by atoms with Gasteiger partial charge in [0.25, 0.3) is 0 Å². The van der Waals surface area contributed by atoms with Crippen LogP contribution < -0.4 is 4.74 Å². The number of benzene rings is 1. The Hall–Kier alpha value is -0.980. The molecule has 0 fully saturated rings. The average molecular weight is 164 g/mol. The maximum atomic E-state index is 5.43. The molecular formula is C11H16O. The minimum atomic E-state index is 0.861. The number of hydrogen-bond acceptors (Lipinski definition) is 1. The molecule has 0 amide bonds. The lowest BCUT2D eigenvalue weighted by Gasteiger charge is -2.00. The van der Waals surface area contributed by atoms with E-state index in [9.17, 15) is 0 Å². The molecule has 66 valence electrons. The summed E-state index contributed by atoms with van der Waals surface area (Å²) in [6, 6.07) is 6.31. The lowest BCUT2D eigenvalue weighted by atomic mass is 10.1. The first-order valence-corrected chi connectivity index (χ1v) is 4.59. The van der Waals surface area contributed by atoms with Gasteiger partial charge in [0.1, 0.15) is 5.75 Å². The van der Waals surface area contributed by atoms with E-state index >= 15 is 0 Å². The molecule has 0 aromatic heterocycles. The van der Waals surface area contributed by atoms with Crippen LogP contribution in [0, 0.1) is 6.92 Å². The fourth-order valence-electron chi connectivity index (χ4n) is 1.38. The molecule has 1 aliphatic rings. The normalized spacial score (nSPS) is 12.6. The van der Waals surface area contributed by atoms with Crippen molar-refractivity contribution < 1.29 is 4.74 Å². The minimum absolute atomic E-state index is 0.861. The van der Waals surface area contributed by atoms with Crippen LogP contribution in [0.15, 0.2) is 18.2 Å². The van der Waals surface area contributed by atoms with E-state index in [0.717, 1.165) is 18.8 Å². The summed E-state index contributed by atoms with van der Waals surface area (Å²) in [4.78, 5) is 0. The molecule has 12 heavy (non-hydrogen) atoms. The van der Waals surface area contributed by atoms with Crippen LogP contribution >= 0.6 is 0 Å². The predicted octanol–water partition coefficient (Wildman–Crippen LogP) is 2.96. The summed E-state index contributed by atoms with van der Waals surface area (Å²) in [6.07, 6.45) is 1.08. The first-order valence-electron chi connectivity index (χ1n) is 4.59. The van der Waals surface area contributed by atoms with Gasteiger partial charge in [0.15, 0.2) is 0 Å². The van der Waals surface area contributed by atoms with E-state index in [4.69, 9.17) is 4.74 Å². The zero-order chi connectivity index (χ0) is 8.97. The molecule has 0 N–H and O–H groups in total. The summed E-state index contributed by atoms with van der Waals surface area (Å²) in [7, 11) is 0. The molecule has 0 bridgehead atoms. The van der Waals surface area contributed by atoms with Crippen molar-refractivity contribution in [3.05, 3.63) is 29.3 Å². The molecule has 1 heterocycles. The van der Waals surface area contributed by atoms with Gasteiger partial charge in [-0.2, -0.15) is 0 Å². The average Bonchev–Trinajstić information content (AvgIpc) is 2.57. The van der Waals surface area contributed by atoms with Crippen LogP contribution in [-0.2, 0) is 6.42 Å². The maximum absolute atomic E-state index is 5.43. The molecular weight excluding hydrogens is 148 g/mol. The van der Waals surface area contributed by atoms with Gasteiger partial charge in [0.05, 0.1) is 6.61 Å². The number of rotatable bonds is 0. The highest BCUT2D eigenvalue weighted by atomic mass is 16.5. The Balaban J connectivity index is 0.000000336. The summed E-state index contributed by atoms with van der Waals surface area (Å²) < 4.78 is 5.43. The molecule has 0 saturated carbocycles. The Morgan fingerprint density at radius 2 is 2.00 bits per heavy atom. The molecule has 1 nitrogen and oxygen atoms in total. The molecule has 0 spiro atoms. The number of ether oxygens (including phenoxy) is 1. The van der Waals surface area contributed by atoms with Crippen LogP contribution in [0.3, 0.4) is 0 Å². The topological polar surface area (TPSA) is 9.23 Å². The summed E-state index contributed by atoms with van der Waals surface area (Å²) in [6.45, 7) is 6.95. The first kappa shape index (κ1) is 9.11. The van der Waals surface area contributed by atoms with E-state index in [2.05, 4.69) is 25.1 Å². The standard InChI is InChI=1S/C9H10O.C2H6/c1-7-3-2-4-8-5-6-10-9(7)8;1-2/h2-4H,5-6H2,1H3;1-2H3. The van der Waals surface area contributed by atoms with E-state index in [1.54, 1.807) is 0 Å². The quantitative estimate of drug-likeness (QED) is 0.573. The molecule has 1 aliphatic heterocycles. The van der Waals surface area contributed by atoms with Crippen molar-refractivity contribution in [1.29, 1.82) is 0 Å². The van der Waals surface area contributed by atoms with Crippen LogP contribution in [0.2, 0.25) is 0 Å². The third kappa shape index (κ3) is 1.60. The van der Waals surface area contributed by atoms with Crippen LogP contribution in [-0.4, -0.2) is 6.61 Å². The Kier molecular flexibility index (Phi) is 3.15. The number of para-hydroxylation sites is 1. The Morgan fingerprint density at radius 1 is 1.25 bits per heavy atom. The lowest BCUT2D eigenvalue weighted by molar-refractivity contribution is 0.354. The third-order valence-corrected chi connectivity index (χ3v) is 1.91. The van der Waals surface area contributed by atoms with Gasteiger partial charge in [-0.05, 0) is 18.1 Å². The van der Waals surface area contributed by atoms with Crippen molar-refractivity contribution >= 4 is 0 Å². The van der Waals surface area contributed by atoms with E-state index < -0.39 is 0 Å². The fraction of sp³-hybridized carbons (Fsp3) is 0.455. The van der Waals surface area contributed by atoms with Crippen LogP contribution in [0.5, 0.6) is 5.75 Å². The largest absolute Gasteiger partial charge is 0.493 e. The molecule has 0 saturated heterocycles. The van der Waals surface area contributed by atoms with Crippen LogP contribution in [0.1, 0.15) is 25.0 Å². The second kappa shape index (κ2) is 4.15. The summed E-state index contributed by atoms with van der Waals surface area (Å²) >= 11 is 0. The van der Waals surface area contributed by atoms with Crippen molar-refractivity contribution in [2.75, 3.05) is 6.61 Å². The van der Waals surface area contributed by atoms with Crippen molar-refractivity contribution in [1.82, 2.24) is 0 Å². The Bertz CT molecular complexity index is 253. The van der Waals surface area contributed by atoms with E-state index in [1.165, 1.54) is 11.1 Å². The second-order valence-corrected chi connectivity index (χ2v) is 2.66. The van der Waals surface area contributed by atoms with Crippen molar-refractivity contribution in [2.24, 2.45) is 0 Å². The highest BCUT2D eigenvalue weighted by molar-refractivity contribution is 5.42. The first-order chi connectivity index (χ1) is 5.88. The predicted molar refractivity (Wildman–Crippen MR) is 51.7 cm³/mol. The highest BCUT2D eigenvalue weighted by Gasteiger charge is 2.12. The van der Waals surface area contributed by atoms with Gasteiger partial charge < -0.3 is 4.74 Å². The van der Waals surface area contributed by atoms with Gasteiger partial charge in [0, 0.05) is 6.42 Å². The van der Waals surface area contributed by atoms with E-state index in [-0.39, 0.29) is 0 Å². The molecule has 0 aliphatic carbocycles. The van der Waals surface area contributed by atoms with Gasteiger partial charge in [-0.25, -0.2) is 0 Å². The number of fused-ring (bicyclic) bond motifs is 1. The molecule has 0 radical (unpaired) electrons. The highest BCUT2D eigenvalue weighted by Crippen LogP contribution is 2.28. The SMILES string of the molecule is CC.Cc1cccc2c1OCC2. The molecule has 1 heteroatoms. The van der Waals surface area contributed by atoms with E-state index in [0.29, 0.717) is 0 Å². The zero-order valence-electron chi connectivity index (χ0n) is 8.05. The Labute approximate surface area is 74.4 Å². The smallest absolute Gasteiger partial charge is 0.125 e. The number of hydrogen-bond donors (Lipinski definition) is 0. The molecule has 0 unspecified atom stereocenters. The summed E-state index contributed by atoms with van der Waals surface area (Å²) in [5, 5.41) is 0. The molecule has 1 aromatic rings. The van der Waals surface area contributed by atoms with Crippen molar-refractivity contribution in [2.45, 2.75) is 27.2 Å². The van der Waals surface area contributed by atoms with Gasteiger partial charge in [0.2, 0.25) is 0 Å². The maximum Gasteiger partial charge on any atom is 0.125 e. The molecule has 1 aromatic carbocycles. The van der Waals surface area contributed by atoms with Gasteiger partial charge in [-0.3, -0.25) is 0 Å². The summed E-state index contributed by atoms with van der Waals surface area (Å²) in [5.41, 5.74) is 2.62. The lowest BCUT2D eigenvalue weighted by Crippen LogP contribution is -1.87. The van der Waals surface area contributed by atoms with Gasteiger partial charge >= 0.3 is 0 Å². The second-order valence-electron chi connectivity index (χ2n) is 2.66. The van der Waals surface area contributed by atoms with Gasteiger partial charge in [-0.1, -0.05) is 32.0 Å². The van der Waals surface area contributed by atoms with Crippen molar-refractivity contribution in [3.63, 3.8) is 0 Å². The molecule has 0 atom stereocenters. The minimum Gasteiger partial charge on any atom is -0.493 e. The Morgan fingerprint density at radius 3 is 2.67 bits per heavy atom. The zero-order valence-corrected chi connectivity index (χ0v) is 8.05. The van der Waals surface area contributed by atoms with Gasteiger partial charge in [-0.15, -0.1) is 0 Å². The monoisotopic (exact) mass is 164 g/mol. The van der Waals surface area contributed by atoms with Crippen molar-refractivity contribution in [3.8, 4) is 5.75 Å². The van der Waals surface area contributed by atoms with E-state index in [1.807, 2.05) is 13.8 Å². The third-order valence-electron chi connectivity index (χ3n) is 1.91. The fourth-order valence-corrected chi connectivity index (χ4v) is 1.38. The molecule has 2 rings (SSSR count). The van der Waals surface area contributed by atoms with Crippen LogP contribution in [0.25, 0.3) is 0 Å². The van der Waals surface area contributed by atoms with Crippen LogP contribution in [0.4, 0.5) is 0 Å².